The summed E-state index contributed by atoms with van der Waals surface area (Å²) < 4.78 is 10.6. The van der Waals surface area contributed by atoms with Crippen molar-refractivity contribution in [2.24, 2.45) is 5.73 Å². The molecule has 0 bridgehead atoms. The van der Waals surface area contributed by atoms with Crippen LogP contribution in [0.5, 0.6) is 5.75 Å². The average Bonchev–Trinajstić information content (AvgIpc) is 2.61. The highest BCUT2D eigenvalue weighted by Gasteiger charge is 2.08. The number of nitrogens with two attached hydrogens (primary N) is 1. The van der Waals surface area contributed by atoms with Gasteiger partial charge in [-0.1, -0.05) is 0 Å². The summed E-state index contributed by atoms with van der Waals surface area (Å²) in [5.41, 5.74) is 5.74. The molecule has 0 spiro atoms. The second kappa shape index (κ2) is 3.65. The molecule has 4 heteroatoms. The van der Waals surface area contributed by atoms with Gasteiger partial charge in [0.15, 0.2) is 5.76 Å². The lowest BCUT2D eigenvalue weighted by molar-refractivity contribution is 0.0976. The Morgan fingerprint density at radius 3 is 2.93 bits per heavy atom. The summed E-state index contributed by atoms with van der Waals surface area (Å²) >= 11 is 0. The molecule has 1 aromatic carbocycles. The van der Waals surface area contributed by atoms with Crippen molar-refractivity contribution in [1.82, 2.24) is 0 Å². The molecule has 2 aromatic rings. The van der Waals surface area contributed by atoms with Crippen LogP contribution in [-0.2, 0) is 0 Å². The van der Waals surface area contributed by atoms with Gasteiger partial charge in [0, 0.05) is 5.39 Å². The Kier molecular flexibility index (Phi) is 2.33. The Hall–Kier alpha value is -1.97. The first-order chi connectivity index (χ1) is 7.20. The summed E-state index contributed by atoms with van der Waals surface area (Å²) in [5.74, 6) is 0.352. The first-order valence-electron chi connectivity index (χ1n) is 4.67. The second-order valence-corrected chi connectivity index (χ2v) is 3.11. The molecule has 1 aromatic heterocycles. The maximum absolute atomic E-state index is 10.9. The number of hydrogen-bond donors (Lipinski definition) is 1. The van der Waals surface area contributed by atoms with E-state index in [1.54, 1.807) is 18.2 Å². The smallest absolute Gasteiger partial charge is 0.284 e. The summed E-state index contributed by atoms with van der Waals surface area (Å²) in [7, 11) is 0. The summed E-state index contributed by atoms with van der Waals surface area (Å²) in [6, 6.07) is 6.97. The van der Waals surface area contributed by atoms with E-state index in [0.717, 1.165) is 11.1 Å². The Labute approximate surface area is 86.6 Å². The largest absolute Gasteiger partial charge is 0.494 e. The standard InChI is InChI=1S/C11H11NO3/c1-2-14-8-3-4-9-7(5-8)6-10(15-9)11(12)13/h3-6H,2H2,1H3,(H2,12,13). The fraction of sp³-hybridized carbons (Fsp3) is 0.182. The van der Waals surface area contributed by atoms with E-state index in [1.807, 2.05) is 13.0 Å². The van der Waals surface area contributed by atoms with Crippen molar-refractivity contribution in [3.63, 3.8) is 0 Å². The van der Waals surface area contributed by atoms with Gasteiger partial charge in [-0.25, -0.2) is 0 Å². The van der Waals surface area contributed by atoms with Gasteiger partial charge in [-0.2, -0.15) is 0 Å². The van der Waals surface area contributed by atoms with Crippen molar-refractivity contribution in [2.75, 3.05) is 6.61 Å². The fourth-order valence-corrected chi connectivity index (χ4v) is 1.40. The normalized spacial score (nSPS) is 10.5. The van der Waals surface area contributed by atoms with Crippen LogP contribution in [0.2, 0.25) is 0 Å². The van der Waals surface area contributed by atoms with E-state index in [9.17, 15) is 4.79 Å². The molecular weight excluding hydrogens is 194 g/mol. The van der Waals surface area contributed by atoms with Gasteiger partial charge in [0.1, 0.15) is 11.3 Å². The number of fused-ring (bicyclic) bond motifs is 1. The van der Waals surface area contributed by atoms with Gasteiger partial charge < -0.3 is 14.9 Å². The predicted molar refractivity (Wildman–Crippen MR) is 55.9 cm³/mol. The number of hydrogen-bond acceptors (Lipinski definition) is 3. The first-order valence-corrected chi connectivity index (χ1v) is 4.67. The molecule has 0 unspecified atom stereocenters. The van der Waals surface area contributed by atoms with Crippen LogP contribution in [0.1, 0.15) is 17.5 Å². The lowest BCUT2D eigenvalue weighted by atomic mass is 10.2. The number of carbonyl (C=O) groups excluding carboxylic acids is 1. The molecule has 0 aliphatic carbocycles. The summed E-state index contributed by atoms with van der Waals surface area (Å²) in [6.45, 7) is 2.51. The lowest BCUT2D eigenvalue weighted by Crippen LogP contribution is -2.08. The lowest BCUT2D eigenvalue weighted by Gasteiger charge is -2.00. The summed E-state index contributed by atoms with van der Waals surface area (Å²) in [6.07, 6.45) is 0. The molecule has 1 heterocycles. The van der Waals surface area contributed by atoms with E-state index in [-0.39, 0.29) is 5.76 Å². The zero-order chi connectivity index (χ0) is 10.8. The van der Waals surface area contributed by atoms with E-state index < -0.39 is 5.91 Å². The van der Waals surface area contributed by atoms with E-state index in [0.29, 0.717) is 12.2 Å². The molecule has 0 atom stereocenters. The minimum Gasteiger partial charge on any atom is -0.494 e. The third kappa shape index (κ3) is 1.79. The molecule has 0 fully saturated rings. The van der Waals surface area contributed by atoms with Crippen LogP contribution in [0.3, 0.4) is 0 Å². The molecule has 0 aliphatic heterocycles. The van der Waals surface area contributed by atoms with Gasteiger partial charge in [-0.3, -0.25) is 4.79 Å². The Morgan fingerprint density at radius 2 is 2.27 bits per heavy atom. The number of ether oxygens (including phenoxy) is 1. The molecule has 0 saturated heterocycles. The van der Waals surface area contributed by atoms with Gasteiger partial charge in [0.25, 0.3) is 5.91 Å². The third-order valence-electron chi connectivity index (χ3n) is 2.04. The minimum absolute atomic E-state index is 0.165. The number of furan rings is 1. The summed E-state index contributed by atoms with van der Waals surface area (Å²) in [5, 5.41) is 0.815. The van der Waals surface area contributed by atoms with Crippen LogP contribution in [0, 0.1) is 0 Å². The number of benzene rings is 1. The zero-order valence-electron chi connectivity index (χ0n) is 8.32. The number of primary amides is 1. The Morgan fingerprint density at radius 1 is 1.47 bits per heavy atom. The van der Waals surface area contributed by atoms with Crippen LogP contribution in [0.25, 0.3) is 11.0 Å². The SMILES string of the molecule is CCOc1ccc2oc(C(N)=O)cc2c1. The van der Waals surface area contributed by atoms with Gasteiger partial charge in [-0.05, 0) is 31.2 Å². The van der Waals surface area contributed by atoms with E-state index >= 15 is 0 Å². The topological polar surface area (TPSA) is 65.5 Å². The Bertz CT molecular complexity index is 502. The van der Waals surface area contributed by atoms with E-state index in [4.69, 9.17) is 14.9 Å². The monoisotopic (exact) mass is 205 g/mol. The second-order valence-electron chi connectivity index (χ2n) is 3.11. The van der Waals surface area contributed by atoms with Crippen molar-refractivity contribution < 1.29 is 13.9 Å². The Balaban J connectivity index is 2.47. The molecule has 0 aliphatic rings. The average molecular weight is 205 g/mol. The molecular formula is C11H11NO3. The molecule has 15 heavy (non-hydrogen) atoms. The maximum Gasteiger partial charge on any atom is 0.284 e. The van der Waals surface area contributed by atoms with Crippen LogP contribution >= 0.6 is 0 Å². The fourth-order valence-electron chi connectivity index (χ4n) is 1.40. The van der Waals surface area contributed by atoms with Crippen LogP contribution < -0.4 is 10.5 Å². The van der Waals surface area contributed by atoms with Crippen molar-refractivity contribution in [3.8, 4) is 5.75 Å². The molecule has 78 valence electrons. The summed E-state index contributed by atoms with van der Waals surface area (Å²) in [4.78, 5) is 10.9. The zero-order valence-corrected chi connectivity index (χ0v) is 8.32. The van der Waals surface area contributed by atoms with Gasteiger partial charge >= 0.3 is 0 Å². The van der Waals surface area contributed by atoms with E-state index in [2.05, 4.69) is 0 Å². The molecule has 0 radical (unpaired) electrons. The first kappa shape index (κ1) is 9.58. The van der Waals surface area contributed by atoms with E-state index in [1.165, 1.54) is 0 Å². The highest BCUT2D eigenvalue weighted by Crippen LogP contribution is 2.24. The molecule has 4 nitrogen and oxygen atoms in total. The quantitative estimate of drug-likeness (QED) is 0.832. The predicted octanol–water partition coefficient (Wildman–Crippen LogP) is 1.93. The maximum atomic E-state index is 10.9. The van der Waals surface area contributed by atoms with Crippen LogP contribution in [-0.4, -0.2) is 12.5 Å². The molecule has 1 amide bonds. The number of carbonyl (C=O) groups is 1. The highest BCUT2D eigenvalue weighted by molar-refractivity contribution is 5.95. The van der Waals surface area contributed by atoms with Crippen molar-refractivity contribution >= 4 is 16.9 Å². The highest BCUT2D eigenvalue weighted by atomic mass is 16.5. The minimum atomic E-state index is -0.566. The van der Waals surface area contributed by atoms with Gasteiger partial charge in [-0.15, -0.1) is 0 Å². The van der Waals surface area contributed by atoms with Crippen LogP contribution in [0.4, 0.5) is 0 Å². The number of amides is 1. The molecule has 0 saturated carbocycles. The molecule has 2 N–H and O–H groups in total. The van der Waals surface area contributed by atoms with Crippen molar-refractivity contribution in [1.29, 1.82) is 0 Å². The van der Waals surface area contributed by atoms with Crippen molar-refractivity contribution in [3.05, 3.63) is 30.0 Å². The van der Waals surface area contributed by atoms with Gasteiger partial charge in [0.2, 0.25) is 0 Å². The number of rotatable bonds is 3. The van der Waals surface area contributed by atoms with Crippen molar-refractivity contribution in [2.45, 2.75) is 6.92 Å². The van der Waals surface area contributed by atoms with Crippen LogP contribution in [0.15, 0.2) is 28.7 Å². The third-order valence-corrected chi connectivity index (χ3v) is 2.04. The van der Waals surface area contributed by atoms with Gasteiger partial charge in [0.05, 0.1) is 6.61 Å². The molecule has 2 rings (SSSR count).